The lowest BCUT2D eigenvalue weighted by atomic mass is 10.2. The SMILES string of the molecule is OCCOc1cccc(Nc2nccc(-c3ccnc(O)c3)n2)c1. The fourth-order valence-corrected chi connectivity index (χ4v) is 2.11. The largest absolute Gasteiger partial charge is 0.493 e. The predicted octanol–water partition coefficient (Wildman–Crippen LogP) is 2.36. The van der Waals surface area contributed by atoms with Gasteiger partial charge in [-0.15, -0.1) is 0 Å². The third-order valence-electron chi connectivity index (χ3n) is 3.15. The molecule has 0 unspecified atom stereocenters. The van der Waals surface area contributed by atoms with Crippen LogP contribution in [-0.2, 0) is 0 Å². The molecular formula is C17H16N4O3. The molecule has 3 N–H and O–H groups in total. The van der Waals surface area contributed by atoms with E-state index in [1.54, 1.807) is 30.5 Å². The molecule has 0 bridgehead atoms. The Bertz CT molecular complexity index is 826. The third kappa shape index (κ3) is 3.96. The average molecular weight is 324 g/mol. The molecule has 0 aliphatic carbocycles. The van der Waals surface area contributed by atoms with Gasteiger partial charge in [0, 0.05) is 35.8 Å². The van der Waals surface area contributed by atoms with Gasteiger partial charge < -0.3 is 20.3 Å². The summed E-state index contributed by atoms with van der Waals surface area (Å²) in [6.45, 7) is 0.197. The zero-order chi connectivity index (χ0) is 16.8. The highest BCUT2D eigenvalue weighted by Crippen LogP contribution is 2.23. The number of aliphatic hydroxyl groups is 1. The summed E-state index contributed by atoms with van der Waals surface area (Å²) in [6, 6.07) is 12.3. The zero-order valence-corrected chi connectivity index (χ0v) is 12.8. The van der Waals surface area contributed by atoms with Gasteiger partial charge in [0.05, 0.1) is 12.3 Å². The summed E-state index contributed by atoms with van der Waals surface area (Å²) in [7, 11) is 0. The van der Waals surface area contributed by atoms with Crippen molar-refractivity contribution < 1.29 is 14.9 Å². The van der Waals surface area contributed by atoms with E-state index >= 15 is 0 Å². The van der Waals surface area contributed by atoms with Crippen LogP contribution in [0.5, 0.6) is 11.6 Å². The second kappa shape index (κ2) is 7.38. The predicted molar refractivity (Wildman–Crippen MR) is 89.2 cm³/mol. The third-order valence-corrected chi connectivity index (χ3v) is 3.15. The Hall–Kier alpha value is -3.19. The van der Waals surface area contributed by atoms with E-state index in [-0.39, 0.29) is 19.1 Å². The van der Waals surface area contributed by atoms with Crippen LogP contribution in [-0.4, -0.2) is 38.4 Å². The van der Waals surface area contributed by atoms with Crippen molar-refractivity contribution >= 4 is 11.6 Å². The fraction of sp³-hybridized carbons (Fsp3) is 0.118. The highest BCUT2D eigenvalue weighted by molar-refractivity contribution is 5.63. The quantitative estimate of drug-likeness (QED) is 0.640. The number of ether oxygens (including phenoxy) is 1. The molecule has 0 amide bonds. The molecule has 0 atom stereocenters. The molecule has 2 heterocycles. The standard InChI is InChI=1S/C17H16N4O3/c22-8-9-24-14-3-1-2-13(11-14)20-17-19-7-5-15(21-17)12-4-6-18-16(23)10-12/h1-7,10-11,22H,8-9H2,(H,18,23)(H,19,20,21). The van der Waals surface area contributed by atoms with Crippen LogP contribution >= 0.6 is 0 Å². The first-order chi connectivity index (χ1) is 11.7. The fourth-order valence-electron chi connectivity index (χ4n) is 2.11. The highest BCUT2D eigenvalue weighted by Gasteiger charge is 2.05. The minimum Gasteiger partial charge on any atom is -0.493 e. The number of benzene rings is 1. The number of nitrogens with one attached hydrogen (secondary N) is 1. The molecule has 1 aromatic carbocycles. The Balaban J connectivity index is 1.80. The molecule has 122 valence electrons. The molecule has 0 fully saturated rings. The normalized spacial score (nSPS) is 10.4. The van der Waals surface area contributed by atoms with Gasteiger partial charge in [-0.2, -0.15) is 0 Å². The van der Waals surface area contributed by atoms with Crippen LogP contribution in [0.15, 0.2) is 54.9 Å². The van der Waals surface area contributed by atoms with Gasteiger partial charge in [0.2, 0.25) is 11.8 Å². The Labute approximate surface area is 138 Å². The Morgan fingerprint density at radius 1 is 1.04 bits per heavy atom. The van der Waals surface area contributed by atoms with Crippen molar-refractivity contribution in [1.82, 2.24) is 15.0 Å². The van der Waals surface area contributed by atoms with Gasteiger partial charge in [0.25, 0.3) is 0 Å². The van der Waals surface area contributed by atoms with Gasteiger partial charge in [-0.05, 0) is 24.3 Å². The molecule has 0 aliphatic rings. The molecular weight excluding hydrogens is 308 g/mol. The minimum absolute atomic E-state index is 0.0401. The smallest absolute Gasteiger partial charge is 0.227 e. The molecule has 0 aliphatic heterocycles. The summed E-state index contributed by atoms with van der Waals surface area (Å²) in [4.78, 5) is 12.4. The first-order valence-electron chi connectivity index (χ1n) is 7.34. The van der Waals surface area contributed by atoms with E-state index in [2.05, 4.69) is 20.3 Å². The average Bonchev–Trinajstić information content (AvgIpc) is 2.60. The van der Waals surface area contributed by atoms with Crippen molar-refractivity contribution in [2.45, 2.75) is 0 Å². The van der Waals surface area contributed by atoms with Gasteiger partial charge in [-0.1, -0.05) is 6.07 Å². The van der Waals surface area contributed by atoms with Crippen molar-refractivity contribution in [2.24, 2.45) is 0 Å². The lowest BCUT2D eigenvalue weighted by Crippen LogP contribution is -2.02. The number of nitrogens with zero attached hydrogens (tertiary/aromatic N) is 3. The molecule has 7 nitrogen and oxygen atoms in total. The second-order valence-electron chi connectivity index (χ2n) is 4.89. The Morgan fingerprint density at radius 3 is 2.75 bits per heavy atom. The van der Waals surface area contributed by atoms with Gasteiger partial charge in [-0.25, -0.2) is 15.0 Å². The number of pyridine rings is 1. The van der Waals surface area contributed by atoms with Crippen LogP contribution in [0.1, 0.15) is 0 Å². The van der Waals surface area contributed by atoms with E-state index < -0.39 is 0 Å². The molecule has 3 aromatic rings. The number of aliphatic hydroxyl groups excluding tert-OH is 1. The van der Waals surface area contributed by atoms with Crippen LogP contribution in [0.2, 0.25) is 0 Å². The summed E-state index contributed by atoms with van der Waals surface area (Å²) < 4.78 is 5.37. The second-order valence-corrected chi connectivity index (χ2v) is 4.89. The van der Waals surface area contributed by atoms with Crippen molar-refractivity contribution in [3.05, 3.63) is 54.9 Å². The lowest BCUT2D eigenvalue weighted by Gasteiger charge is -2.09. The van der Waals surface area contributed by atoms with E-state index in [1.165, 1.54) is 12.3 Å². The van der Waals surface area contributed by atoms with Gasteiger partial charge in [0.15, 0.2) is 0 Å². The van der Waals surface area contributed by atoms with Crippen LogP contribution in [0, 0.1) is 0 Å². The van der Waals surface area contributed by atoms with E-state index in [9.17, 15) is 5.11 Å². The summed E-state index contributed by atoms with van der Waals surface area (Å²) >= 11 is 0. The first kappa shape index (κ1) is 15.7. The van der Waals surface area contributed by atoms with Gasteiger partial charge in [0.1, 0.15) is 12.4 Å². The summed E-state index contributed by atoms with van der Waals surface area (Å²) in [5.41, 5.74) is 2.17. The van der Waals surface area contributed by atoms with Crippen molar-refractivity contribution in [3.63, 3.8) is 0 Å². The van der Waals surface area contributed by atoms with Crippen LogP contribution < -0.4 is 10.1 Å². The molecule has 0 spiro atoms. The maximum atomic E-state index is 9.48. The molecule has 0 radical (unpaired) electrons. The molecule has 3 rings (SSSR count). The lowest BCUT2D eigenvalue weighted by molar-refractivity contribution is 0.201. The minimum atomic E-state index is -0.0608. The van der Waals surface area contributed by atoms with Crippen LogP contribution in [0.25, 0.3) is 11.3 Å². The van der Waals surface area contributed by atoms with E-state index in [4.69, 9.17) is 9.84 Å². The summed E-state index contributed by atoms with van der Waals surface area (Å²) in [5.74, 6) is 1.00. The molecule has 0 saturated heterocycles. The maximum Gasteiger partial charge on any atom is 0.227 e. The highest BCUT2D eigenvalue weighted by atomic mass is 16.5. The van der Waals surface area contributed by atoms with Gasteiger partial charge in [-0.3, -0.25) is 0 Å². The molecule has 24 heavy (non-hydrogen) atoms. The van der Waals surface area contributed by atoms with E-state index in [0.29, 0.717) is 17.4 Å². The van der Waals surface area contributed by atoms with Crippen molar-refractivity contribution in [2.75, 3.05) is 18.5 Å². The van der Waals surface area contributed by atoms with Crippen molar-refractivity contribution in [1.29, 1.82) is 0 Å². The number of rotatable bonds is 6. The molecule has 0 saturated carbocycles. The monoisotopic (exact) mass is 324 g/mol. The number of anilines is 2. The number of aromatic nitrogens is 3. The topological polar surface area (TPSA) is 100 Å². The Kier molecular flexibility index (Phi) is 4.83. The number of hydrogen-bond donors (Lipinski definition) is 3. The van der Waals surface area contributed by atoms with Crippen LogP contribution in [0.4, 0.5) is 11.6 Å². The number of aromatic hydroxyl groups is 1. The maximum absolute atomic E-state index is 9.48. The van der Waals surface area contributed by atoms with E-state index in [1.807, 2.05) is 12.1 Å². The molecule has 7 heteroatoms. The van der Waals surface area contributed by atoms with Crippen molar-refractivity contribution in [3.8, 4) is 22.9 Å². The van der Waals surface area contributed by atoms with E-state index in [0.717, 1.165) is 11.3 Å². The first-order valence-corrected chi connectivity index (χ1v) is 7.34. The summed E-state index contributed by atoms with van der Waals surface area (Å²) in [6.07, 6.45) is 3.15. The molecule has 2 aromatic heterocycles. The van der Waals surface area contributed by atoms with Gasteiger partial charge >= 0.3 is 0 Å². The Morgan fingerprint density at radius 2 is 1.92 bits per heavy atom. The zero-order valence-electron chi connectivity index (χ0n) is 12.8. The van der Waals surface area contributed by atoms with Crippen LogP contribution in [0.3, 0.4) is 0 Å². The number of hydrogen-bond acceptors (Lipinski definition) is 7. The summed E-state index contributed by atoms with van der Waals surface area (Å²) in [5, 5.41) is 21.4.